The molecular formula is C15H14. The van der Waals surface area contributed by atoms with E-state index < -0.39 is 0 Å². The maximum absolute atomic E-state index is 2.18. The third-order valence-electron chi connectivity index (χ3n) is 2.31. The van der Waals surface area contributed by atoms with Crippen LogP contribution < -0.4 is 0 Å². The van der Waals surface area contributed by atoms with Gasteiger partial charge < -0.3 is 0 Å². The lowest BCUT2D eigenvalue weighted by Crippen LogP contribution is -1.74. The zero-order valence-electron chi connectivity index (χ0n) is 8.64. The fourth-order valence-corrected chi connectivity index (χ4v) is 1.49. The van der Waals surface area contributed by atoms with Gasteiger partial charge in [0.15, 0.2) is 0 Å². The minimum Gasteiger partial charge on any atom is -0.0801 e. The third kappa shape index (κ3) is 3.10. The molecule has 74 valence electrons. The summed E-state index contributed by atoms with van der Waals surface area (Å²) < 4.78 is 0. The van der Waals surface area contributed by atoms with Gasteiger partial charge in [-0.25, -0.2) is 0 Å². The number of allylic oxidation sites excluding steroid dienone is 7. The Morgan fingerprint density at radius 3 is 2.60 bits per heavy atom. The van der Waals surface area contributed by atoms with Gasteiger partial charge in [-0.2, -0.15) is 0 Å². The SMILES string of the molecule is C1=CC=C(C=Cc2ccccc2)CC=C1. The van der Waals surface area contributed by atoms with Crippen LogP contribution >= 0.6 is 0 Å². The maximum Gasteiger partial charge on any atom is -0.00943 e. The van der Waals surface area contributed by atoms with Gasteiger partial charge in [-0.3, -0.25) is 0 Å². The van der Waals surface area contributed by atoms with Crippen molar-refractivity contribution < 1.29 is 0 Å². The molecule has 0 N–H and O–H groups in total. The third-order valence-corrected chi connectivity index (χ3v) is 2.31. The first-order chi connectivity index (χ1) is 7.45. The fourth-order valence-electron chi connectivity index (χ4n) is 1.49. The Morgan fingerprint density at radius 2 is 1.73 bits per heavy atom. The molecule has 0 aliphatic heterocycles. The second kappa shape index (κ2) is 5.16. The van der Waals surface area contributed by atoms with Crippen LogP contribution in [-0.2, 0) is 0 Å². The van der Waals surface area contributed by atoms with Crippen LogP contribution in [0.15, 0.2) is 72.4 Å². The first-order valence-corrected chi connectivity index (χ1v) is 5.21. The molecule has 0 heteroatoms. The van der Waals surface area contributed by atoms with Crippen molar-refractivity contribution in [3.8, 4) is 0 Å². The molecule has 0 nitrogen and oxygen atoms in total. The molecule has 0 atom stereocenters. The van der Waals surface area contributed by atoms with Crippen LogP contribution in [-0.4, -0.2) is 0 Å². The Labute approximate surface area is 91.0 Å². The van der Waals surface area contributed by atoms with E-state index in [0.29, 0.717) is 0 Å². The van der Waals surface area contributed by atoms with Crippen molar-refractivity contribution in [3.63, 3.8) is 0 Å². The van der Waals surface area contributed by atoms with Crippen LogP contribution in [0.5, 0.6) is 0 Å². The molecule has 0 spiro atoms. The maximum atomic E-state index is 2.18. The highest BCUT2D eigenvalue weighted by atomic mass is 14.0. The number of benzene rings is 1. The normalized spacial score (nSPS) is 15.3. The predicted octanol–water partition coefficient (Wildman–Crippen LogP) is 4.14. The van der Waals surface area contributed by atoms with Crippen molar-refractivity contribution in [2.75, 3.05) is 0 Å². The summed E-state index contributed by atoms with van der Waals surface area (Å²) >= 11 is 0. The van der Waals surface area contributed by atoms with Crippen molar-refractivity contribution in [2.45, 2.75) is 6.42 Å². The van der Waals surface area contributed by atoms with Crippen LogP contribution in [0.2, 0.25) is 0 Å². The van der Waals surface area contributed by atoms with Gasteiger partial charge >= 0.3 is 0 Å². The van der Waals surface area contributed by atoms with Gasteiger partial charge in [0.2, 0.25) is 0 Å². The highest BCUT2D eigenvalue weighted by molar-refractivity contribution is 5.53. The largest absolute Gasteiger partial charge is 0.0801 e. The van der Waals surface area contributed by atoms with E-state index in [1.807, 2.05) is 6.07 Å². The van der Waals surface area contributed by atoms with Gasteiger partial charge in [0.25, 0.3) is 0 Å². The lowest BCUT2D eigenvalue weighted by molar-refractivity contribution is 1.30. The predicted molar refractivity (Wildman–Crippen MR) is 66.5 cm³/mol. The summed E-state index contributed by atoms with van der Waals surface area (Å²) in [5.41, 5.74) is 2.58. The minimum atomic E-state index is 1.01. The molecule has 1 aliphatic rings. The second-order valence-corrected chi connectivity index (χ2v) is 3.50. The summed E-state index contributed by atoms with van der Waals surface area (Å²) in [5.74, 6) is 0. The molecule has 0 unspecified atom stereocenters. The van der Waals surface area contributed by atoms with E-state index in [1.165, 1.54) is 11.1 Å². The van der Waals surface area contributed by atoms with Crippen molar-refractivity contribution in [1.29, 1.82) is 0 Å². The van der Waals surface area contributed by atoms with Gasteiger partial charge in [0, 0.05) is 0 Å². The standard InChI is InChI=1S/C15H14/c1-2-5-9-14(8-4-1)12-13-15-10-6-3-7-11-15/h1-8,10-13H,9H2. The number of hydrogen-bond acceptors (Lipinski definition) is 0. The smallest absolute Gasteiger partial charge is 0.00943 e. The summed E-state index contributed by atoms with van der Waals surface area (Å²) in [5, 5.41) is 0. The van der Waals surface area contributed by atoms with Gasteiger partial charge in [0.05, 0.1) is 0 Å². The molecule has 0 heterocycles. The Balaban J connectivity index is 2.09. The molecule has 1 aromatic carbocycles. The zero-order valence-corrected chi connectivity index (χ0v) is 8.64. The van der Waals surface area contributed by atoms with E-state index >= 15 is 0 Å². The molecule has 15 heavy (non-hydrogen) atoms. The van der Waals surface area contributed by atoms with E-state index in [0.717, 1.165) is 6.42 Å². The average molecular weight is 194 g/mol. The van der Waals surface area contributed by atoms with Crippen molar-refractivity contribution in [3.05, 3.63) is 77.9 Å². The van der Waals surface area contributed by atoms with E-state index in [1.54, 1.807) is 0 Å². The molecule has 0 saturated carbocycles. The van der Waals surface area contributed by atoms with E-state index in [-0.39, 0.29) is 0 Å². The summed E-state index contributed by atoms with van der Waals surface area (Å²) in [6, 6.07) is 10.4. The van der Waals surface area contributed by atoms with Crippen LogP contribution in [0.3, 0.4) is 0 Å². The fraction of sp³-hybridized carbons (Fsp3) is 0.0667. The van der Waals surface area contributed by atoms with Crippen LogP contribution in [0.25, 0.3) is 6.08 Å². The summed E-state index contributed by atoms with van der Waals surface area (Å²) in [7, 11) is 0. The molecule has 1 aromatic rings. The minimum absolute atomic E-state index is 1.01. The molecule has 2 rings (SSSR count). The van der Waals surface area contributed by atoms with Gasteiger partial charge in [-0.1, -0.05) is 72.9 Å². The topological polar surface area (TPSA) is 0 Å². The molecule has 0 aromatic heterocycles. The highest BCUT2D eigenvalue weighted by Crippen LogP contribution is 2.11. The number of rotatable bonds is 2. The van der Waals surface area contributed by atoms with Crippen LogP contribution in [0.1, 0.15) is 12.0 Å². The Kier molecular flexibility index (Phi) is 3.34. The Hall–Kier alpha value is -1.82. The van der Waals surface area contributed by atoms with E-state index in [2.05, 4.69) is 66.8 Å². The van der Waals surface area contributed by atoms with Crippen molar-refractivity contribution in [1.82, 2.24) is 0 Å². The molecular weight excluding hydrogens is 180 g/mol. The van der Waals surface area contributed by atoms with E-state index in [9.17, 15) is 0 Å². The Morgan fingerprint density at radius 1 is 0.867 bits per heavy atom. The summed E-state index contributed by atoms with van der Waals surface area (Å²) in [6.07, 6.45) is 15.9. The molecule has 1 aliphatic carbocycles. The lowest BCUT2D eigenvalue weighted by atomic mass is 10.1. The molecule has 0 radical (unpaired) electrons. The molecule has 0 fully saturated rings. The first-order valence-electron chi connectivity index (χ1n) is 5.21. The molecule has 0 saturated heterocycles. The molecule has 0 amide bonds. The molecule has 0 bridgehead atoms. The zero-order chi connectivity index (χ0) is 10.3. The van der Waals surface area contributed by atoms with Crippen LogP contribution in [0, 0.1) is 0 Å². The first kappa shape index (κ1) is 9.72. The Bertz CT molecular complexity index is 417. The summed E-state index contributed by atoms with van der Waals surface area (Å²) in [6.45, 7) is 0. The van der Waals surface area contributed by atoms with Crippen LogP contribution in [0.4, 0.5) is 0 Å². The lowest BCUT2D eigenvalue weighted by Gasteiger charge is -1.95. The quantitative estimate of drug-likeness (QED) is 0.663. The van der Waals surface area contributed by atoms with Crippen molar-refractivity contribution >= 4 is 6.08 Å². The van der Waals surface area contributed by atoms with E-state index in [4.69, 9.17) is 0 Å². The highest BCUT2D eigenvalue weighted by Gasteiger charge is 1.90. The average Bonchev–Trinajstić information content (AvgIpc) is 2.56. The van der Waals surface area contributed by atoms with Gasteiger partial charge in [-0.15, -0.1) is 0 Å². The summed E-state index contributed by atoms with van der Waals surface area (Å²) in [4.78, 5) is 0. The van der Waals surface area contributed by atoms with Crippen molar-refractivity contribution in [2.24, 2.45) is 0 Å². The van der Waals surface area contributed by atoms with Gasteiger partial charge in [-0.05, 0) is 17.6 Å². The second-order valence-electron chi connectivity index (χ2n) is 3.50. The monoisotopic (exact) mass is 194 g/mol. The van der Waals surface area contributed by atoms with Gasteiger partial charge in [0.1, 0.15) is 0 Å². The number of hydrogen-bond donors (Lipinski definition) is 0.